The second-order valence-corrected chi connectivity index (χ2v) is 8.27. The number of fused-ring (bicyclic) bond motifs is 3. The molecular weight excluding hydrogens is 419 g/mol. The Bertz CT molecular complexity index is 1670. The Hall–Kier alpha value is -4.68. The number of nitriles is 1. The van der Waals surface area contributed by atoms with Crippen molar-refractivity contribution in [1.29, 1.82) is 5.26 Å². The Kier molecular flexibility index (Phi) is 4.71. The smallest absolute Gasteiger partial charge is 0.132 e. The van der Waals surface area contributed by atoms with Gasteiger partial charge in [0, 0.05) is 22.0 Å². The summed E-state index contributed by atoms with van der Waals surface area (Å²) in [6, 6.07) is 39.7. The average Bonchev–Trinajstić information content (AvgIpc) is 3.23. The van der Waals surface area contributed by atoms with Crippen LogP contribution in [0.25, 0.3) is 49.7 Å². The standard InChI is InChI=1S/C31H19FN2/c32-28-12-6-9-24(20-33)31(28)23-8-5-7-22(19-23)21-15-17-25(18-16-21)34-29-13-3-1-10-26(29)27-11-2-4-14-30(27)34/h1-19H. The number of benzene rings is 5. The first kappa shape index (κ1) is 20.0. The van der Waals surface area contributed by atoms with Gasteiger partial charge >= 0.3 is 0 Å². The highest BCUT2D eigenvalue weighted by atomic mass is 19.1. The maximum Gasteiger partial charge on any atom is 0.132 e. The van der Waals surface area contributed by atoms with Crippen LogP contribution >= 0.6 is 0 Å². The molecule has 160 valence electrons. The maximum absolute atomic E-state index is 14.6. The van der Waals surface area contributed by atoms with Crippen molar-refractivity contribution in [3.8, 4) is 34.0 Å². The average molecular weight is 439 g/mol. The number of aromatic nitrogens is 1. The van der Waals surface area contributed by atoms with Crippen LogP contribution in [0.1, 0.15) is 5.56 Å². The van der Waals surface area contributed by atoms with Crippen molar-refractivity contribution in [3.05, 3.63) is 127 Å². The highest BCUT2D eigenvalue weighted by Crippen LogP contribution is 2.34. The zero-order valence-electron chi connectivity index (χ0n) is 18.2. The third kappa shape index (κ3) is 3.17. The second kappa shape index (κ2) is 8.03. The molecule has 34 heavy (non-hydrogen) atoms. The molecule has 1 heterocycles. The SMILES string of the molecule is N#Cc1cccc(F)c1-c1cccc(-c2ccc(-n3c4ccccc4c4ccccc43)cc2)c1. The van der Waals surface area contributed by atoms with Gasteiger partial charge in [-0.25, -0.2) is 4.39 Å². The molecule has 5 aromatic carbocycles. The molecule has 0 spiro atoms. The molecule has 0 amide bonds. The monoisotopic (exact) mass is 438 g/mol. The van der Waals surface area contributed by atoms with Gasteiger partial charge in [0.1, 0.15) is 5.82 Å². The van der Waals surface area contributed by atoms with Crippen molar-refractivity contribution in [2.45, 2.75) is 0 Å². The van der Waals surface area contributed by atoms with Gasteiger partial charge in [-0.1, -0.05) is 72.8 Å². The van der Waals surface area contributed by atoms with Gasteiger partial charge in [-0.05, 0) is 59.2 Å². The maximum atomic E-state index is 14.6. The van der Waals surface area contributed by atoms with E-state index < -0.39 is 5.82 Å². The minimum atomic E-state index is -0.391. The summed E-state index contributed by atoms with van der Waals surface area (Å²) in [5.41, 5.74) is 6.79. The molecule has 2 nitrogen and oxygen atoms in total. The zero-order chi connectivity index (χ0) is 23.1. The molecule has 3 heteroatoms. The van der Waals surface area contributed by atoms with E-state index >= 15 is 0 Å². The van der Waals surface area contributed by atoms with Gasteiger partial charge in [0.05, 0.1) is 22.7 Å². The number of halogens is 1. The largest absolute Gasteiger partial charge is 0.309 e. The lowest BCUT2D eigenvalue weighted by molar-refractivity contribution is 0.631. The van der Waals surface area contributed by atoms with Gasteiger partial charge in [-0.2, -0.15) is 5.26 Å². The lowest BCUT2D eigenvalue weighted by Crippen LogP contribution is -1.93. The van der Waals surface area contributed by atoms with Crippen LogP contribution in [0.5, 0.6) is 0 Å². The number of hydrogen-bond donors (Lipinski definition) is 0. The molecule has 1 aromatic heterocycles. The minimum absolute atomic E-state index is 0.332. The first-order chi connectivity index (χ1) is 16.7. The first-order valence-corrected chi connectivity index (χ1v) is 11.1. The molecule has 0 atom stereocenters. The summed E-state index contributed by atoms with van der Waals surface area (Å²) in [6.07, 6.45) is 0. The number of nitrogens with zero attached hydrogens (tertiary/aromatic N) is 2. The summed E-state index contributed by atoms with van der Waals surface area (Å²) in [4.78, 5) is 0. The Balaban J connectivity index is 1.45. The lowest BCUT2D eigenvalue weighted by Gasteiger charge is -2.11. The van der Waals surface area contributed by atoms with Crippen molar-refractivity contribution in [3.63, 3.8) is 0 Å². The molecule has 0 fully saturated rings. The van der Waals surface area contributed by atoms with Crippen molar-refractivity contribution in [2.24, 2.45) is 0 Å². The van der Waals surface area contributed by atoms with Gasteiger partial charge in [-0.3, -0.25) is 0 Å². The molecule has 6 aromatic rings. The summed E-state index contributed by atoms with van der Waals surface area (Å²) in [6.45, 7) is 0. The van der Waals surface area contributed by atoms with Crippen molar-refractivity contribution in [1.82, 2.24) is 4.57 Å². The van der Waals surface area contributed by atoms with Crippen LogP contribution in [0, 0.1) is 17.1 Å². The van der Waals surface area contributed by atoms with Crippen LogP contribution in [-0.2, 0) is 0 Å². The van der Waals surface area contributed by atoms with Gasteiger partial charge < -0.3 is 4.57 Å². The van der Waals surface area contributed by atoms with E-state index in [9.17, 15) is 9.65 Å². The summed E-state index contributed by atoms with van der Waals surface area (Å²) in [7, 11) is 0. The third-order valence-corrected chi connectivity index (χ3v) is 6.32. The minimum Gasteiger partial charge on any atom is -0.309 e. The van der Waals surface area contributed by atoms with Gasteiger partial charge in [0.25, 0.3) is 0 Å². The van der Waals surface area contributed by atoms with Gasteiger partial charge in [-0.15, -0.1) is 0 Å². The van der Waals surface area contributed by atoms with Crippen LogP contribution < -0.4 is 0 Å². The van der Waals surface area contributed by atoms with Crippen LogP contribution in [0.3, 0.4) is 0 Å². The van der Waals surface area contributed by atoms with Crippen LogP contribution in [0.15, 0.2) is 115 Å². The van der Waals surface area contributed by atoms with E-state index in [0.29, 0.717) is 16.7 Å². The highest BCUT2D eigenvalue weighted by Gasteiger charge is 2.13. The lowest BCUT2D eigenvalue weighted by atomic mass is 9.96. The molecule has 0 saturated heterocycles. The Labute approximate surface area is 196 Å². The van der Waals surface area contributed by atoms with E-state index in [1.807, 2.05) is 24.3 Å². The Morgan fingerprint density at radius 3 is 1.88 bits per heavy atom. The van der Waals surface area contributed by atoms with Crippen LogP contribution in [-0.4, -0.2) is 4.57 Å². The van der Waals surface area contributed by atoms with Crippen molar-refractivity contribution < 1.29 is 4.39 Å². The zero-order valence-corrected chi connectivity index (χ0v) is 18.2. The molecule has 0 bridgehead atoms. The summed E-state index contributed by atoms with van der Waals surface area (Å²) >= 11 is 0. The molecular formula is C31H19FN2. The van der Waals surface area contributed by atoms with E-state index in [2.05, 4.69) is 83.4 Å². The predicted octanol–water partition coefficient (Wildman–Crippen LogP) is 8.13. The van der Waals surface area contributed by atoms with Crippen molar-refractivity contribution in [2.75, 3.05) is 0 Å². The van der Waals surface area contributed by atoms with E-state index in [4.69, 9.17) is 0 Å². The highest BCUT2D eigenvalue weighted by molar-refractivity contribution is 6.09. The Morgan fingerprint density at radius 1 is 0.588 bits per heavy atom. The number of para-hydroxylation sites is 2. The fourth-order valence-electron chi connectivity index (χ4n) is 4.77. The fraction of sp³-hybridized carbons (Fsp3) is 0. The molecule has 0 unspecified atom stereocenters. The number of rotatable bonds is 3. The van der Waals surface area contributed by atoms with E-state index in [0.717, 1.165) is 16.8 Å². The summed E-state index contributed by atoms with van der Waals surface area (Å²) in [5.74, 6) is -0.391. The second-order valence-electron chi connectivity index (χ2n) is 8.27. The third-order valence-electron chi connectivity index (χ3n) is 6.32. The number of hydrogen-bond acceptors (Lipinski definition) is 1. The van der Waals surface area contributed by atoms with Crippen LogP contribution in [0.4, 0.5) is 4.39 Å². The molecule has 0 aliphatic rings. The van der Waals surface area contributed by atoms with Crippen LogP contribution in [0.2, 0.25) is 0 Å². The molecule has 6 rings (SSSR count). The molecule has 0 aliphatic heterocycles. The summed E-state index contributed by atoms with van der Waals surface area (Å²) < 4.78 is 16.8. The fourth-order valence-corrected chi connectivity index (χ4v) is 4.77. The molecule has 0 saturated carbocycles. The van der Waals surface area contributed by atoms with E-state index in [1.165, 1.54) is 27.9 Å². The van der Waals surface area contributed by atoms with Gasteiger partial charge in [0.2, 0.25) is 0 Å². The first-order valence-electron chi connectivity index (χ1n) is 11.1. The summed E-state index contributed by atoms with van der Waals surface area (Å²) in [5, 5.41) is 11.9. The van der Waals surface area contributed by atoms with Crippen molar-refractivity contribution >= 4 is 21.8 Å². The van der Waals surface area contributed by atoms with E-state index in [1.54, 1.807) is 12.1 Å². The molecule has 0 radical (unpaired) electrons. The quantitative estimate of drug-likeness (QED) is 0.274. The molecule has 0 aliphatic carbocycles. The van der Waals surface area contributed by atoms with E-state index in [-0.39, 0.29) is 0 Å². The molecule has 0 N–H and O–H groups in total. The Morgan fingerprint density at radius 2 is 1.21 bits per heavy atom. The topological polar surface area (TPSA) is 28.7 Å². The predicted molar refractivity (Wildman–Crippen MR) is 136 cm³/mol. The normalized spacial score (nSPS) is 11.1. The van der Waals surface area contributed by atoms with Gasteiger partial charge in [0.15, 0.2) is 0 Å².